The fraction of sp³-hybridized carbons (Fsp3) is 0. The van der Waals surface area contributed by atoms with Crippen LogP contribution in [0.4, 0.5) is 5.69 Å². The lowest BCUT2D eigenvalue weighted by molar-refractivity contribution is 0.833. The lowest BCUT2D eigenvalue weighted by Gasteiger charge is -2.06. The van der Waals surface area contributed by atoms with Crippen molar-refractivity contribution in [1.82, 2.24) is 9.89 Å². The zero-order valence-electron chi connectivity index (χ0n) is 8.67. The minimum Gasteiger partial charge on any atom is -0.278 e. The molecule has 0 unspecified atom stereocenters. The molecule has 0 fully saturated rings. The first-order valence-electron chi connectivity index (χ1n) is 5.18. The summed E-state index contributed by atoms with van der Waals surface area (Å²) in [4.78, 5) is 1.78. The second-order valence-corrected chi connectivity index (χ2v) is 3.59. The van der Waals surface area contributed by atoms with Gasteiger partial charge in [0.25, 0.3) is 0 Å². The molecular weight excluding hydrogens is 198 g/mol. The van der Waals surface area contributed by atoms with E-state index in [1.54, 1.807) is 4.79 Å². The Hall–Kier alpha value is -2.29. The SMILES string of the molecule is c1ccc(Nn2ncc3ccccc32)cc1. The van der Waals surface area contributed by atoms with Gasteiger partial charge in [-0.05, 0) is 18.2 Å². The quantitative estimate of drug-likeness (QED) is 0.703. The van der Waals surface area contributed by atoms with Crippen LogP contribution >= 0.6 is 0 Å². The summed E-state index contributed by atoms with van der Waals surface area (Å²) in [6.45, 7) is 0. The Morgan fingerprint density at radius 3 is 2.50 bits per heavy atom. The van der Waals surface area contributed by atoms with Crippen molar-refractivity contribution in [1.29, 1.82) is 0 Å². The highest BCUT2D eigenvalue weighted by atomic mass is 15.6. The molecular formula is C13H11N3. The largest absolute Gasteiger partial charge is 0.278 e. The highest BCUT2D eigenvalue weighted by molar-refractivity contribution is 5.78. The summed E-state index contributed by atoms with van der Waals surface area (Å²) >= 11 is 0. The maximum atomic E-state index is 4.30. The topological polar surface area (TPSA) is 29.9 Å². The average Bonchev–Trinajstić information content (AvgIpc) is 2.74. The molecule has 0 atom stereocenters. The third-order valence-electron chi connectivity index (χ3n) is 2.49. The number of fused-ring (bicyclic) bond motifs is 1. The third kappa shape index (κ3) is 1.52. The van der Waals surface area contributed by atoms with Crippen molar-refractivity contribution in [3.63, 3.8) is 0 Å². The summed E-state index contributed by atoms with van der Waals surface area (Å²) in [5, 5.41) is 5.43. The van der Waals surface area contributed by atoms with Gasteiger partial charge in [-0.2, -0.15) is 9.89 Å². The van der Waals surface area contributed by atoms with Crippen LogP contribution in [-0.4, -0.2) is 9.89 Å². The zero-order valence-corrected chi connectivity index (χ0v) is 8.67. The van der Waals surface area contributed by atoms with E-state index in [-0.39, 0.29) is 0 Å². The van der Waals surface area contributed by atoms with Crippen LogP contribution in [0.2, 0.25) is 0 Å². The van der Waals surface area contributed by atoms with Crippen molar-refractivity contribution in [2.24, 2.45) is 0 Å². The van der Waals surface area contributed by atoms with E-state index in [0.717, 1.165) is 16.6 Å². The minimum atomic E-state index is 1.02. The summed E-state index contributed by atoms with van der Waals surface area (Å²) in [5.41, 5.74) is 5.33. The van der Waals surface area contributed by atoms with Crippen LogP contribution in [0.1, 0.15) is 0 Å². The molecule has 1 aromatic heterocycles. The van der Waals surface area contributed by atoms with Gasteiger partial charge in [0.1, 0.15) is 0 Å². The molecule has 0 bridgehead atoms. The van der Waals surface area contributed by atoms with E-state index in [4.69, 9.17) is 0 Å². The predicted octanol–water partition coefficient (Wildman–Crippen LogP) is 2.91. The molecule has 1 heterocycles. The lowest BCUT2D eigenvalue weighted by Crippen LogP contribution is -2.09. The molecule has 3 rings (SSSR count). The Balaban J connectivity index is 2.01. The van der Waals surface area contributed by atoms with E-state index in [9.17, 15) is 0 Å². The Morgan fingerprint density at radius 1 is 0.875 bits per heavy atom. The highest BCUT2D eigenvalue weighted by Gasteiger charge is 2.00. The average molecular weight is 209 g/mol. The fourth-order valence-electron chi connectivity index (χ4n) is 1.70. The first kappa shape index (κ1) is 8.97. The number of hydrogen-bond donors (Lipinski definition) is 1. The maximum Gasteiger partial charge on any atom is 0.0922 e. The van der Waals surface area contributed by atoms with E-state index in [2.05, 4.69) is 10.5 Å². The highest BCUT2D eigenvalue weighted by Crippen LogP contribution is 2.13. The molecule has 0 aliphatic heterocycles. The molecule has 0 saturated heterocycles. The second-order valence-electron chi connectivity index (χ2n) is 3.59. The summed E-state index contributed by atoms with van der Waals surface area (Å²) in [6, 6.07) is 18.1. The van der Waals surface area contributed by atoms with Crippen LogP contribution in [0, 0.1) is 0 Å². The number of benzene rings is 2. The standard InChI is InChI=1S/C13H11N3/c1-2-7-12(8-3-1)15-16-13-9-5-4-6-11(13)10-14-16/h1-10,15H. The van der Waals surface area contributed by atoms with E-state index < -0.39 is 0 Å². The van der Waals surface area contributed by atoms with Gasteiger partial charge >= 0.3 is 0 Å². The number of para-hydroxylation sites is 2. The number of nitrogens with one attached hydrogen (secondary N) is 1. The molecule has 0 amide bonds. The first-order chi connectivity index (χ1) is 7.93. The van der Waals surface area contributed by atoms with Crippen LogP contribution in [0.25, 0.3) is 10.9 Å². The normalized spacial score (nSPS) is 10.5. The van der Waals surface area contributed by atoms with Gasteiger partial charge in [0.15, 0.2) is 0 Å². The van der Waals surface area contributed by atoms with Crippen molar-refractivity contribution in [2.75, 3.05) is 5.43 Å². The predicted molar refractivity (Wildman–Crippen MR) is 65.2 cm³/mol. The van der Waals surface area contributed by atoms with Crippen LogP contribution in [0.5, 0.6) is 0 Å². The van der Waals surface area contributed by atoms with Gasteiger partial charge in [-0.1, -0.05) is 36.4 Å². The van der Waals surface area contributed by atoms with Crippen LogP contribution < -0.4 is 5.43 Å². The number of aromatic nitrogens is 2. The molecule has 0 saturated carbocycles. The van der Waals surface area contributed by atoms with Crippen LogP contribution in [0.3, 0.4) is 0 Å². The van der Waals surface area contributed by atoms with Crippen LogP contribution in [0.15, 0.2) is 60.8 Å². The van der Waals surface area contributed by atoms with Gasteiger partial charge in [0.2, 0.25) is 0 Å². The van der Waals surface area contributed by atoms with E-state index in [1.165, 1.54) is 0 Å². The first-order valence-corrected chi connectivity index (χ1v) is 5.18. The molecule has 3 aromatic rings. The van der Waals surface area contributed by atoms with Crippen LogP contribution in [-0.2, 0) is 0 Å². The summed E-state index contributed by atoms with van der Waals surface area (Å²) < 4.78 is 0. The Labute approximate surface area is 93.3 Å². The summed E-state index contributed by atoms with van der Waals surface area (Å²) in [7, 11) is 0. The molecule has 0 spiro atoms. The van der Waals surface area contributed by atoms with Gasteiger partial charge < -0.3 is 0 Å². The monoisotopic (exact) mass is 209 g/mol. The Bertz CT molecular complexity index is 599. The van der Waals surface area contributed by atoms with Crippen molar-refractivity contribution in [2.45, 2.75) is 0 Å². The lowest BCUT2D eigenvalue weighted by atomic mass is 10.3. The van der Waals surface area contributed by atoms with Gasteiger partial charge in [0, 0.05) is 5.39 Å². The minimum absolute atomic E-state index is 1.02. The molecule has 3 heteroatoms. The second kappa shape index (κ2) is 3.70. The number of rotatable bonds is 2. The molecule has 0 aliphatic carbocycles. The van der Waals surface area contributed by atoms with Gasteiger partial charge in [-0.3, -0.25) is 5.43 Å². The maximum absolute atomic E-state index is 4.30. The molecule has 0 aliphatic rings. The van der Waals surface area contributed by atoms with Gasteiger partial charge in [0.05, 0.1) is 17.4 Å². The zero-order chi connectivity index (χ0) is 10.8. The molecule has 78 valence electrons. The molecule has 16 heavy (non-hydrogen) atoms. The number of nitrogens with zero attached hydrogens (tertiary/aromatic N) is 2. The number of hydrogen-bond acceptors (Lipinski definition) is 2. The van der Waals surface area contributed by atoms with E-state index >= 15 is 0 Å². The number of anilines is 1. The molecule has 0 radical (unpaired) electrons. The molecule has 1 N–H and O–H groups in total. The Kier molecular flexibility index (Phi) is 2.07. The summed E-state index contributed by atoms with van der Waals surface area (Å²) in [6.07, 6.45) is 1.85. The Morgan fingerprint density at radius 2 is 1.62 bits per heavy atom. The van der Waals surface area contributed by atoms with E-state index in [1.807, 2.05) is 60.8 Å². The van der Waals surface area contributed by atoms with Gasteiger partial charge in [-0.15, -0.1) is 0 Å². The fourth-order valence-corrected chi connectivity index (χ4v) is 1.70. The smallest absolute Gasteiger partial charge is 0.0922 e. The molecule has 3 nitrogen and oxygen atoms in total. The van der Waals surface area contributed by atoms with Gasteiger partial charge in [-0.25, -0.2) is 0 Å². The molecule has 2 aromatic carbocycles. The van der Waals surface area contributed by atoms with Crippen molar-refractivity contribution < 1.29 is 0 Å². The van der Waals surface area contributed by atoms with Crippen molar-refractivity contribution >= 4 is 16.6 Å². The van der Waals surface area contributed by atoms with Crippen molar-refractivity contribution in [3.05, 3.63) is 60.8 Å². The van der Waals surface area contributed by atoms with Crippen molar-refractivity contribution in [3.8, 4) is 0 Å². The third-order valence-corrected chi connectivity index (χ3v) is 2.49. The van der Waals surface area contributed by atoms with E-state index in [0.29, 0.717) is 0 Å². The summed E-state index contributed by atoms with van der Waals surface area (Å²) in [5.74, 6) is 0.